The van der Waals surface area contributed by atoms with Crippen molar-refractivity contribution in [2.24, 2.45) is 0 Å². The van der Waals surface area contributed by atoms with Gasteiger partial charge < -0.3 is 10.0 Å². The number of aromatic nitrogens is 3. The number of hydrogen-bond donors (Lipinski definition) is 1. The lowest BCUT2D eigenvalue weighted by molar-refractivity contribution is 0.146. The van der Waals surface area contributed by atoms with Gasteiger partial charge in [0.2, 0.25) is 0 Å². The number of carbonyl (C=O) groups is 1. The van der Waals surface area contributed by atoms with Crippen molar-refractivity contribution in [3.05, 3.63) is 29.0 Å². The first-order valence-electron chi connectivity index (χ1n) is 6.07. The van der Waals surface area contributed by atoms with Gasteiger partial charge in [-0.1, -0.05) is 0 Å². The summed E-state index contributed by atoms with van der Waals surface area (Å²) in [5, 5.41) is 8.10. The molecule has 1 unspecified atom stereocenters. The first-order valence-corrected chi connectivity index (χ1v) is 8.58. The van der Waals surface area contributed by atoms with E-state index in [2.05, 4.69) is 25.9 Å². The zero-order valence-corrected chi connectivity index (χ0v) is 13.1. The largest absolute Gasteiger partial charge is 0.465 e. The van der Waals surface area contributed by atoms with Gasteiger partial charge in [0.15, 0.2) is 14.6 Å². The number of sulfone groups is 1. The number of carboxylic acid groups (broad SMARTS) is 1. The molecule has 10 heteroatoms. The van der Waals surface area contributed by atoms with Crippen LogP contribution in [0.15, 0.2) is 23.3 Å². The SMILES string of the molecule is O=C(O)N1CCS(=O)(=O)C(c2nc(Br)n3ccncc23)C1. The highest BCUT2D eigenvalue weighted by Gasteiger charge is 2.38. The van der Waals surface area contributed by atoms with Gasteiger partial charge in [-0.3, -0.25) is 9.38 Å². The Labute approximate surface area is 128 Å². The number of amides is 1. The van der Waals surface area contributed by atoms with E-state index in [1.807, 2.05) is 0 Å². The number of halogens is 1. The first kappa shape index (κ1) is 14.3. The van der Waals surface area contributed by atoms with Crippen LogP contribution in [-0.4, -0.2) is 57.7 Å². The minimum atomic E-state index is -3.45. The molecule has 0 aliphatic carbocycles. The molecule has 1 fully saturated rings. The molecule has 1 aliphatic heterocycles. The molecular formula is C11H11BrN4O4S. The molecule has 2 aromatic rings. The molecule has 1 saturated heterocycles. The maximum Gasteiger partial charge on any atom is 0.407 e. The molecule has 3 rings (SSSR count). The van der Waals surface area contributed by atoms with Crippen molar-refractivity contribution in [2.45, 2.75) is 5.25 Å². The predicted octanol–water partition coefficient (Wildman–Crippen LogP) is 0.941. The van der Waals surface area contributed by atoms with E-state index in [0.29, 0.717) is 15.9 Å². The molecule has 0 saturated carbocycles. The maximum absolute atomic E-state index is 12.3. The van der Waals surface area contributed by atoms with E-state index in [9.17, 15) is 13.2 Å². The van der Waals surface area contributed by atoms with Gasteiger partial charge in [0.05, 0.1) is 23.2 Å². The molecule has 0 aromatic carbocycles. The van der Waals surface area contributed by atoms with E-state index >= 15 is 0 Å². The van der Waals surface area contributed by atoms with Gasteiger partial charge in [-0.25, -0.2) is 18.2 Å². The van der Waals surface area contributed by atoms with E-state index in [-0.39, 0.29) is 18.8 Å². The van der Waals surface area contributed by atoms with Gasteiger partial charge in [0.25, 0.3) is 0 Å². The molecular weight excluding hydrogens is 364 g/mol. The van der Waals surface area contributed by atoms with Gasteiger partial charge in [-0.15, -0.1) is 0 Å². The van der Waals surface area contributed by atoms with Gasteiger partial charge in [0.1, 0.15) is 5.25 Å². The van der Waals surface area contributed by atoms with Crippen molar-refractivity contribution < 1.29 is 18.3 Å². The van der Waals surface area contributed by atoms with Crippen LogP contribution in [0.25, 0.3) is 5.52 Å². The number of hydrogen-bond acceptors (Lipinski definition) is 5. The minimum absolute atomic E-state index is 0.0145. The summed E-state index contributed by atoms with van der Waals surface area (Å²) in [6.45, 7) is -0.134. The zero-order chi connectivity index (χ0) is 15.2. The van der Waals surface area contributed by atoms with Crippen LogP contribution in [-0.2, 0) is 9.84 Å². The highest BCUT2D eigenvalue weighted by molar-refractivity contribution is 9.10. The zero-order valence-electron chi connectivity index (χ0n) is 10.7. The average Bonchev–Trinajstić information content (AvgIpc) is 2.76. The first-order chi connectivity index (χ1) is 9.90. The third-order valence-electron chi connectivity index (χ3n) is 3.47. The lowest BCUT2D eigenvalue weighted by Gasteiger charge is -2.29. The predicted molar refractivity (Wildman–Crippen MR) is 76.8 cm³/mol. The second-order valence-electron chi connectivity index (χ2n) is 4.68. The summed E-state index contributed by atoms with van der Waals surface area (Å²) in [5.74, 6) is -0.207. The number of rotatable bonds is 1. The maximum atomic E-state index is 12.3. The van der Waals surface area contributed by atoms with Gasteiger partial charge in [-0.2, -0.15) is 0 Å². The van der Waals surface area contributed by atoms with E-state index in [4.69, 9.17) is 5.11 Å². The Morgan fingerprint density at radius 1 is 1.48 bits per heavy atom. The minimum Gasteiger partial charge on any atom is -0.465 e. The Morgan fingerprint density at radius 2 is 2.24 bits per heavy atom. The molecule has 2 aromatic heterocycles. The van der Waals surface area contributed by atoms with Crippen molar-refractivity contribution in [2.75, 3.05) is 18.8 Å². The molecule has 21 heavy (non-hydrogen) atoms. The third-order valence-corrected chi connectivity index (χ3v) is 6.02. The van der Waals surface area contributed by atoms with Crippen molar-refractivity contribution >= 4 is 37.4 Å². The van der Waals surface area contributed by atoms with Crippen LogP contribution in [0.2, 0.25) is 0 Å². The second kappa shape index (κ2) is 4.95. The lowest BCUT2D eigenvalue weighted by Crippen LogP contribution is -2.45. The molecule has 3 heterocycles. The fraction of sp³-hybridized carbons (Fsp3) is 0.364. The van der Waals surface area contributed by atoms with Crippen molar-refractivity contribution in [1.82, 2.24) is 19.3 Å². The topological polar surface area (TPSA) is 105 Å². The van der Waals surface area contributed by atoms with E-state index in [1.165, 1.54) is 6.20 Å². The standard InChI is InChI=1S/C11H11BrN4O4S/c12-10-14-9(7-5-13-1-2-16(7)10)8-6-15(11(17)18)3-4-21(8,19)20/h1-2,5,8H,3-4,6H2,(H,17,18). The van der Waals surface area contributed by atoms with Gasteiger partial charge in [-0.05, 0) is 15.9 Å². The fourth-order valence-electron chi connectivity index (χ4n) is 2.37. The average molecular weight is 375 g/mol. The highest BCUT2D eigenvalue weighted by Crippen LogP contribution is 2.31. The summed E-state index contributed by atoms with van der Waals surface area (Å²) in [6.07, 6.45) is 3.60. The van der Waals surface area contributed by atoms with Gasteiger partial charge >= 0.3 is 6.09 Å². The van der Waals surface area contributed by atoms with Crippen LogP contribution < -0.4 is 0 Å². The molecule has 0 spiro atoms. The molecule has 0 radical (unpaired) electrons. The molecule has 8 nitrogen and oxygen atoms in total. The molecule has 1 N–H and O–H groups in total. The summed E-state index contributed by atoms with van der Waals surface area (Å²) < 4.78 is 26.7. The third kappa shape index (κ3) is 2.38. The molecule has 1 atom stereocenters. The number of nitrogens with zero attached hydrogens (tertiary/aromatic N) is 4. The fourth-order valence-corrected chi connectivity index (χ4v) is 4.55. The second-order valence-corrected chi connectivity index (χ2v) is 7.69. The summed E-state index contributed by atoms with van der Waals surface area (Å²) in [4.78, 5) is 20.4. The quantitative estimate of drug-likeness (QED) is 0.796. The molecule has 0 bridgehead atoms. The smallest absolute Gasteiger partial charge is 0.407 e. The Bertz CT molecular complexity index is 819. The monoisotopic (exact) mass is 374 g/mol. The van der Waals surface area contributed by atoms with Crippen molar-refractivity contribution in [3.8, 4) is 0 Å². The van der Waals surface area contributed by atoms with E-state index < -0.39 is 21.2 Å². The Hall–Kier alpha value is -1.68. The van der Waals surface area contributed by atoms with Crippen LogP contribution in [0.5, 0.6) is 0 Å². The molecule has 1 amide bonds. The Morgan fingerprint density at radius 3 is 2.95 bits per heavy atom. The van der Waals surface area contributed by atoms with Crippen LogP contribution in [0.3, 0.4) is 0 Å². The molecule has 1 aliphatic rings. The van der Waals surface area contributed by atoms with Crippen LogP contribution in [0.4, 0.5) is 4.79 Å². The number of fused-ring (bicyclic) bond motifs is 1. The summed E-state index contributed by atoms with van der Waals surface area (Å²) in [5.41, 5.74) is 0.867. The highest BCUT2D eigenvalue weighted by atomic mass is 79.9. The number of imidazole rings is 1. The van der Waals surface area contributed by atoms with Crippen molar-refractivity contribution in [3.63, 3.8) is 0 Å². The normalized spacial score (nSPS) is 21.6. The summed E-state index contributed by atoms with van der Waals surface area (Å²) >= 11 is 3.27. The summed E-state index contributed by atoms with van der Waals surface area (Å²) in [7, 11) is -3.45. The summed E-state index contributed by atoms with van der Waals surface area (Å²) in [6, 6.07) is 0. The van der Waals surface area contributed by atoms with Crippen LogP contribution >= 0.6 is 15.9 Å². The Balaban J connectivity index is 2.13. The lowest BCUT2D eigenvalue weighted by atomic mass is 10.2. The van der Waals surface area contributed by atoms with Gasteiger partial charge in [0, 0.05) is 25.5 Å². The van der Waals surface area contributed by atoms with E-state index in [0.717, 1.165) is 4.90 Å². The van der Waals surface area contributed by atoms with Crippen molar-refractivity contribution in [1.29, 1.82) is 0 Å². The Kier molecular flexibility index (Phi) is 3.36. The van der Waals surface area contributed by atoms with Crippen LogP contribution in [0.1, 0.15) is 10.9 Å². The van der Waals surface area contributed by atoms with E-state index in [1.54, 1.807) is 16.8 Å². The molecule has 112 valence electrons. The van der Waals surface area contributed by atoms with Crippen LogP contribution in [0, 0.1) is 0 Å².